The molecule has 1 atom stereocenters. The van der Waals surface area contributed by atoms with E-state index < -0.39 is 12.0 Å². The summed E-state index contributed by atoms with van der Waals surface area (Å²) in [7, 11) is 3.32. The maximum absolute atomic E-state index is 10.5. The largest absolute Gasteiger partial charge is 0.497 e. The van der Waals surface area contributed by atoms with Crippen LogP contribution in [0, 0.1) is 11.3 Å². The third-order valence-corrected chi connectivity index (χ3v) is 2.67. The second kappa shape index (κ2) is 6.62. The van der Waals surface area contributed by atoms with E-state index in [-0.39, 0.29) is 6.42 Å². The van der Waals surface area contributed by atoms with Crippen molar-refractivity contribution in [2.75, 3.05) is 20.7 Å². The fourth-order valence-electron chi connectivity index (χ4n) is 1.61. The molecule has 0 aliphatic rings. The van der Waals surface area contributed by atoms with Gasteiger partial charge in [-0.2, -0.15) is 5.26 Å². The molecule has 0 fully saturated rings. The third kappa shape index (κ3) is 3.75. The van der Waals surface area contributed by atoms with Crippen molar-refractivity contribution in [1.82, 2.24) is 4.90 Å². The lowest BCUT2D eigenvalue weighted by Crippen LogP contribution is -2.26. The molecule has 0 aliphatic heterocycles. The Morgan fingerprint density at radius 1 is 1.50 bits per heavy atom. The predicted molar refractivity (Wildman–Crippen MR) is 66.2 cm³/mol. The van der Waals surface area contributed by atoms with Crippen molar-refractivity contribution >= 4 is 5.97 Å². The van der Waals surface area contributed by atoms with Crippen LogP contribution in [0.1, 0.15) is 18.0 Å². The molecular formula is C13H16N2O3. The summed E-state index contributed by atoms with van der Waals surface area (Å²) in [5.41, 5.74) is 0.825. The molecule has 1 aromatic rings. The molecule has 0 bridgehead atoms. The van der Waals surface area contributed by atoms with Crippen LogP contribution in [-0.2, 0) is 4.79 Å². The smallest absolute Gasteiger partial charge is 0.304 e. The van der Waals surface area contributed by atoms with E-state index in [4.69, 9.17) is 9.84 Å². The zero-order valence-corrected chi connectivity index (χ0v) is 10.5. The number of carboxylic acid groups (broad SMARTS) is 1. The van der Waals surface area contributed by atoms with Gasteiger partial charge >= 0.3 is 5.97 Å². The minimum Gasteiger partial charge on any atom is -0.497 e. The summed E-state index contributed by atoms with van der Waals surface area (Å²) in [6.45, 7) is 0.333. The first-order valence-electron chi connectivity index (χ1n) is 5.54. The highest BCUT2D eigenvalue weighted by Crippen LogP contribution is 2.21. The summed E-state index contributed by atoms with van der Waals surface area (Å²) >= 11 is 0. The normalized spacial score (nSPS) is 11.9. The molecule has 0 aliphatic carbocycles. The number of ether oxygens (including phenoxy) is 1. The Kier molecular flexibility index (Phi) is 5.15. The highest BCUT2D eigenvalue weighted by Gasteiger charge is 2.16. The van der Waals surface area contributed by atoms with Crippen molar-refractivity contribution in [3.63, 3.8) is 0 Å². The molecule has 18 heavy (non-hydrogen) atoms. The molecule has 1 N–H and O–H groups in total. The summed E-state index contributed by atoms with van der Waals surface area (Å²) in [6.07, 6.45) is 0.0187. The fourth-order valence-corrected chi connectivity index (χ4v) is 1.61. The number of hydrogen-bond donors (Lipinski definition) is 1. The maximum atomic E-state index is 10.5. The monoisotopic (exact) mass is 248 g/mol. The molecule has 5 nitrogen and oxygen atoms in total. The lowest BCUT2D eigenvalue weighted by atomic mass is 10.1. The highest BCUT2D eigenvalue weighted by atomic mass is 16.5. The number of benzene rings is 1. The molecule has 1 rings (SSSR count). The van der Waals surface area contributed by atoms with Gasteiger partial charge in [0.25, 0.3) is 0 Å². The number of aliphatic carboxylic acids is 1. The van der Waals surface area contributed by atoms with Crippen LogP contribution in [0.3, 0.4) is 0 Å². The number of nitriles is 1. The van der Waals surface area contributed by atoms with E-state index >= 15 is 0 Å². The average Bonchev–Trinajstić information content (AvgIpc) is 2.38. The number of carbonyl (C=O) groups is 1. The van der Waals surface area contributed by atoms with E-state index in [0.29, 0.717) is 6.54 Å². The second-order valence-corrected chi connectivity index (χ2v) is 3.93. The molecule has 0 saturated heterocycles. The Morgan fingerprint density at radius 2 is 2.11 bits per heavy atom. The van der Waals surface area contributed by atoms with Gasteiger partial charge in [-0.3, -0.25) is 9.69 Å². The second-order valence-electron chi connectivity index (χ2n) is 3.93. The molecule has 1 unspecified atom stereocenters. The first kappa shape index (κ1) is 14.0. The summed E-state index contributed by atoms with van der Waals surface area (Å²) in [5.74, 6) is -0.142. The Labute approximate surface area is 106 Å². The molecule has 5 heteroatoms. The van der Waals surface area contributed by atoms with E-state index in [1.54, 1.807) is 31.2 Å². The number of nitrogens with zero attached hydrogens (tertiary/aromatic N) is 2. The molecule has 0 spiro atoms. The third-order valence-electron chi connectivity index (χ3n) is 2.67. The lowest BCUT2D eigenvalue weighted by Gasteiger charge is -2.22. The van der Waals surface area contributed by atoms with Crippen LogP contribution in [0.5, 0.6) is 5.75 Å². The van der Waals surface area contributed by atoms with Gasteiger partial charge in [-0.15, -0.1) is 0 Å². The SMILES string of the molecule is COc1ccc(C(C#N)N(C)CCC(=O)O)cc1. The standard InChI is InChI=1S/C13H16N2O3/c1-15(8-7-13(16)17)12(9-14)10-3-5-11(18-2)6-4-10/h3-6,12H,7-8H2,1-2H3,(H,16,17). The van der Waals surface area contributed by atoms with Gasteiger partial charge in [-0.05, 0) is 24.7 Å². The first-order valence-corrected chi connectivity index (χ1v) is 5.54. The summed E-state index contributed by atoms with van der Waals surface area (Å²) < 4.78 is 5.05. The number of hydrogen-bond acceptors (Lipinski definition) is 4. The molecule has 1 aromatic carbocycles. The molecule has 0 heterocycles. The van der Waals surface area contributed by atoms with Crippen LogP contribution in [0.4, 0.5) is 0 Å². The Bertz CT molecular complexity index is 437. The average molecular weight is 248 g/mol. The van der Waals surface area contributed by atoms with Crippen molar-refractivity contribution in [2.45, 2.75) is 12.5 Å². The van der Waals surface area contributed by atoms with Gasteiger partial charge in [-0.25, -0.2) is 0 Å². The van der Waals surface area contributed by atoms with Crippen LogP contribution in [0.25, 0.3) is 0 Å². The minimum atomic E-state index is -0.867. The molecule has 0 amide bonds. The van der Waals surface area contributed by atoms with E-state index in [1.165, 1.54) is 0 Å². The summed E-state index contributed by atoms with van der Waals surface area (Å²) in [6, 6.07) is 8.91. The van der Waals surface area contributed by atoms with Gasteiger partial charge in [0.1, 0.15) is 11.8 Å². The van der Waals surface area contributed by atoms with Crippen molar-refractivity contribution in [3.05, 3.63) is 29.8 Å². The van der Waals surface area contributed by atoms with E-state index in [9.17, 15) is 10.1 Å². The Hall–Kier alpha value is -2.06. The van der Waals surface area contributed by atoms with Gasteiger partial charge in [0, 0.05) is 6.54 Å². The number of methoxy groups -OCH3 is 1. The van der Waals surface area contributed by atoms with Gasteiger partial charge in [0.05, 0.1) is 19.6 Å². The van der Waals surface area contributed by atoms with E-state index in [1.807, 2.05) is 12.1 Å². The van der Waals surface area contributed by atoms with E-state index in [2.05, 4.69) is 6.07 Å². The Balaban J connectivity index is 2.75. The van der Waals surface area contributed by atoms with Crippen molar-refractivity contribution in [2.24, 2.45) is 0 Å². The summed E-state index contributed by atoms with van der Waals surface area (Å²) in [4.78, 5) is 12.2. The predicted octanol–water partition coefficient (Wildman–Crippen LogP) is 1.67. The zero-order valence-electron chi connectivity index (χ0n) is 10.5. The number of carboxylic acids is 1. The van der Waals surface area contributed by atoms with Gasteiger partial charge in [0.15, 0.2) is 0 Å². The summed E-state index contributed by atoms with van der Waals surface area (Å²) in [5, 5.41) is 17.8. The maximum Gasteiger partial charge on any atom is 0.304 e. The van der Waals surface area contributed by atoms with Crippen LogP contribution in [0.15, 0.2) is 24.3 Å². The van der Waals surface area contributed by atoms with Crippen LogP contribution in [-0.4, -0.2) is 36.7 Å². The minimum absolute atomic E-state index is 0.0187. The van der Waals surface area contributed by atoms with Crippen LogP contribution in [0.2, 0.25) is 0 Å². The topological polar surface area (TPSA) is 73.6 Å². The zero-order chi connectivity index (χ0) is 13.5. The number of rotatable bonds is 6. The Morgan fingerprint density at radius 3 is 2.56 bits per heavy atom. The molecule has 96 valence electrons. The quantitative estimate of drug-likeness (QED) is 0.828. The van der Waals surface area contributed by atoms with Crippen LogP contribution < -0.4 is 4.74 Å². The molecule has 0 saturated carbocycles. The molecule has 0 radical (unpaired) electrons. The van der Waals surface area contributed by atoms with Gasteiger partial charge in [-0.1, -0.05) is 12.1 Å². The van der Waals surface area contributed by atoms with Gasteiger partial charge < -0.3 is 9.84 Å². The molecular weight excluding hydrogens is 232 g/mol. The highest BCUT2D eigenvalue weighted by molar-refractivity contribution is 5.66. The van der Waals surface area contributed by atoms with Crippen LogP contribution >= 0.6 is 0 Å². The first-order chi connectivity index (χ1) is 8.58. The van der Waals surface area contributed by atoms with Crippen molar-refractivity contribution in [1.29, 1.82) is 5.26 Å². The molecule has 0 aromatic heterocycles. The van der Waals surface area contributed by atoms with Crippen molar-refractivity contribution in [3.8, 4) is 11.8 Å². The lowest BCUT2D eigenvalue weighted by molar-refractivity contribution is -0.137. The van der Waals surface area contributed by atoms with E-state index in [0.717, 1.165) is 11.3 Å². The van der Waals surface area contributed by atoms with Crippen molar-refractivity contribution < 1.29 is 14.6 Å². The van der Waals surface area contributed by atoms with Gasteiger partial charge in [0.2, 0.25) is 0 Å². The fraction of sp³-hybridized carbons (Fsp3) is 0.385.